The number of ether oxygens (including phenoxy) is 3. The molecule has 0 saturated heterocycles. The van der Waals surface area contributed by atoms with Gasteiger partial charge in [-0.05, 0) is 26.3 Å². The molecule has 0 radical (unpaired) electrons. The molecule has 0 heterocycles. The lowest BCUT2D eigenvalue weighted by molar-refractivity contribution is -0.235. The van der Waals surface area contributed by atoms with Gasteiger partial charge in [0.1, 0.15) is 11.2 Å². The molecule has 1 aliphatic rings. The van der Waals surface area contributed by atoms with Crippen LogP contribution in [0.3, 0.4) is 0 Å². The number of methoxy groups -OCH3 is 3. The van der Waals surface area contributed by atoms with Crippen LogP contribution in [0.5, 0.6) is 0 Å². The number of carbonyl (C=O) groups is 1. The first kappa shape index (κ1) is 18.2. The third-order valence-corrected chi connectivity index (χ3v) is 6.59. The highest BCUT2D eigenvalue weighted by Crippen LogP contribution is 2.62. The lowest BCUT2D eigenvalue weighted by atomic mass is 9.47. The van der Waals surface area contributed by atoms with E-state index in [4.69, 9.17) is 14.2 Å². The molecular formula is C17H30O4. The van der Waals surface area contributed by atoms with Crippen LogP contribution in [-0.2, 0) is 19.0 Å². The van der Waals surface area contributed by atoms with E-state index >= 15 is 0 Å². The van der Waals surface area contributed by atoms with Crippen molar-refractivity contribution >= 4 is 5.97 Å². The highest BCUT2D eigenvalue weighted by Gasteiger charge is 2.67. The smallest absolute Gasteiger partial charge is 0.334 e. The van der Waals surface area contributed by atoms with Gasteiger partial charge in [0.25, 0.3) is 0 Å². The van der Waals surface area contributed by atoms with E-state index < -0.39 is 16.6 Å². The molecule has 0 aromatic rings. The van der Waals surface area contributed by atoms with Gasteiger partial charge in [-0.1, -0.05) is 27.7 Å². The van der Waals surface area contributed by atoms with Crippen LogP contribution in [0.25, 0.3) is 0 Å². The maximum Gasteiger partial charge on any atom is 0.334 e. The molecule has 1 rings (SSSR count). The zero-order valence-corrected chi connectivity index (χ0v) is 15.1. The standard InChI is InChI=1S/C17H30O4/c1-11-12(13(18)19-8)14(2,3)15(4,5)17(7,21-10)16(11,6)20-9/h1-10H3. The van der Waals surface area contributed by atoms with Gasteiger partial charge in [-0.2, -0.15) is 0 Å². The Morgan fingerprint density at radius 2 is 1.38 bits per heavy atom. The third-order valence-electron chi connectivity index (χ3n) is 6.59. The van der Waals surface area contributed by atoms with Crippen LogP contribution in [0.2, 0.25) is 0 Å². The van der Waals surface area contributed by atoms with Gasteiger partial charge in [0, 0.05) is 30.6 Å². The van der Waals surface area contributed by atoms with Gasteiger partial charge in [-0.3, -0.25) is 0 Å². The fourth-order valence-corrected chi connectivity index (χ4v) is 3.88. The normalized spacial score (nSPS) is 34.8. The number of carbonyl (C=O) groups excluding carboxylic acids is 1. The predicted molar refractivity (Wildman–Crippen MR) is 83.1 cm³/mol. The first-order valence-corrected chi connectivity index (χ1v) is 7.29. The van der Waals surface area contributed by atoms with E-state index in [1.54, 1.807) is 14.2 Å². The first-order chi connectivity index (χ1) is 9.39. The fraction of sp³-hybridized carbons (Fsp3) is 0.824. The van der Waals surface area contributed by atoms with Crippen LogP contribution >= 0.6 is 0 Å². The van der Waals surface area contributed by atoms with E-state index in [1.807, 2.05) is 13.8 Å². The largest absolute Gasteiger partial charge is 0.466 e. The molecule has 2 atom stereocenters. The molecule has 122 valence electrons. The second kappa shape index (κ2) is 5.10. The quantitative estimate of drug-likeness (QED) is 0.750. The van der Waals surface area contributed by atoms with E-state index in [0.717, 1.165) is 5.57 Å². The molecule has 0 amide bonds. The highest BCUT2D eigenvalue weighted by molar-refractivity contribution is 5.92. The molecule has 1 aliphatic carbocycles. The molecule has 4 nitrogen and oxygen atoms in total. The topological polar surface area (TPSA) is 44.8 Å². The summed E-state index contributed by atoms with van der Waals surface area (Å²) in [7, 11) is 4.77. The van der Waals surface area contributed by atoms with Crippen molar-refractivity contribution in [2.24, 2.45) is 10.8 Å². The molecular weight excluding hydrogens is 268 g/mol. The van der Waals surface area contributed by atoms with Crippen molar-refractivity contribution in [3.8, 4) is 0 Å². The van der Waals surface area contributed by atoms with Crippen molar-refractivity contribution in [1.29, 1.82) is 0 Å². The second-order valence-corrected chi connectivity index (χ2v) is 7.22. The summed E-state index contributed by atoms with van der Waals surface area (Å²) >= 11 is 0. The van der Waals surface area contributed by atoms with E-state index in [9.17, 15) is 4.79 Å². The average Bonchev–Trinajstić information content (AvgIpc) is 2.43. The van der Waals surface area contributed by atoms with E-state index in [-0.39, 0.29) is 11.4 Å². The Balaban J connectivity index is 3.86. The number of hydrogen-bond donors (Lipinski definition) is 0. The molecule has 0 aliphatic heterocycles. The predicted octanol–water partition coefficient (Wildman–Crippen LogP) is 3.35. The van der Waals surface area contributed by atoms with E-state index in [0.29, 0.717) is 5.57 Å². The Morgan fingerprint density at radius 1 is 0.905 bits per heavy atom. The van der Waals surface area contributed by atoms with E-state index in [2.05, 4.69) is 34.6 Å². The van der Waals surface area contributed by atoms with Crippen molar-refractivity contribution in [2.75, 3.05) is 21.3 Å². The minimum Gasteiger partial charge on any atom is -0.466 e. The molecule has 0 bridgehead atoms. The molecule has 0 aromatic heterocycles. The number of esters is 1. The van der Waals surface area contributed by atoms with Crippen molar-refractivity contribution < 1.29 is 19.0 Å². The van der Waals surface area contributed by atoms with Gasteiger partial charge >= 0.3 is 5.97 Å². The summed E-state index contributed by atoms with van der Waals surface area (Å²) in [6.45, 7) is 14.3. The maximum absolute atomic E-state index is 12.4. The highest BCUT2D eigenvalue weighted by atomic mass is 16.6. The summed E-state index contributed by atoms with van der Waals surface area (Å²) in [4.78, 5) is 12.4. The van der Waals surface area contributed by atoms with Gasteiger partial charge in [0.15, 0.2) is 0 Å². The van der Waals surface area contributed by atoms with Crippen LogP contribution in [-0.4, -0.2) is 38.5 Å². The zero-order valence-electron chi connectivity index (χ0n) is 15.1. The summed E-state index contributed by atoms with van der Waals surface area (Å²) in [6, 6.07) is 0. The SMILES string of the molecule is COC(=O)C1=C(C)C(C)(OC)C(C)(OC)C(C)(C)C1(C)C. The van der Waals surface area contributed by atoms with Crippen molar-refractivity contribution in [3.05, 3.63) is 11.1 Å². The third kappa shape index (κ3) is 1.92. The first-order valence-electron chi connectivity index (χ1n) is 7.29. The molecule has 4 heteroatoms. The number of rotatable bonds is 3. The van der Waals surface area contributed by atoms with Crippen molar-refractivity contribution in [1.82, 2.24) is 0 Å². The molecule has 0 saturated carbocycles. The molecule has 2 unspecified atom stereocenters. The Hall–Kier alpha value is -0.870. The average molecular weight is 298 g/mol. The summed E-state index contributed by atoms with van der Waals surface area (Å²) in [5.41, 5.74) is -0.556. The molecule has 0 N–H and O–H groups in total. The summed E-state index contributed by atoms with van der Waals surface area (Å²) in [5, 5.41) is 0. The van der Waals surface area contributed by atoms with E-state index in [1.165, 1.54) is 7.11 Å². The van der Waals surface area contributed by atoms with Gasteiger partial charge < -0.3 is 14.2 Å². The van der Waals surface area contributed by atoms with Gasteiger partial charge in [-0.25, -0.2) is 4.79 Å². The lowest BCUT2D eigenvalue weighted by Gasteiger charge is -2.63. The van der Waals surface area contributed by atoms with Crippen LogP contribution in [0, 0.1) is 10.8 Å². The lowest BCUT2D eigenvalue weighted by Crippen LogP contribution is -2.69. The summed E-state index contributed by atoms with van der Waals surface area (Å²) in [6.07, 6.45) is 0. The second-order valence-electron chi connectivity index (χ2n) is 7.22. The summed E-state index contributed by atoms with van der Waals surface area (Å²) < 4.78 is 16.9. The maximum atomic E-state index is 12.4. The fourth-order valence-electron chi connectivity index (χ4n) is 3.88. The Labute approximate surface area is 128 Å². The number of hydrogen-bond acceptors (Lipinski definition) is 4. The summed E-state index contributed by atoms with van der Waals surface area (Å²) in [5.74, 6) is -0.299. The Kier molecular flexibility index (Phi) is 4.41. The van der Waals surface area contributed by atoms with Gasteiger partial charge in [-0.15, -0.1) is 0 Å². The minimum atomic E-state index is -0.718. The van der Waals surface area contributed by atoms with Gasteiger partial charge in [0.2, 0.25) is 0 Å². The van der Waals surface area contributed by atoms with Crippen LogP contribution in [0.15, 0.2) is 11.1 Å². The monoisotopic (exact) mass is 298 g/mol. The molecule has 0 aromatic carbocycles. The van der Waals surface area contributed by atoms with Crippen molar-refractivity contribution in [2.45, 2.75) is 59.7 Å². The van der Waals surface area contributed by atoms with Crippen LogP contribution < -0.4 is 0 Å². The van der Waals surface area contributed by atoms with Crippen LogP contribution in [0.4, 0.5) is 0 Å². The Morgan fingerprint density at radius 3 is 1.71 bits per heavy atom. The van der Waals surface area contributed by atoms with Crippen molar-refractivity contribution in [3.63, 3.8) is 0 Å². The Bertz CT molecular complexity index is 475. The minimum absolute atomic E-state index is 0.299. The zero-order chi connectivity index (χ0) is 16.9. The van der Waals surface area contributed by atoms with Crippen LogP contribution in [0.1, 0.15) is 48.5 Å². The van der Waals surface area contributed by atoms with Gasteiger partial charge in [0.05, 0.1) is 7.11 Å². The molecule has 0 spiro atoms. The molecule has 21 heavy (non-hydrogen) atoms. The molecule has 0 fully saturated rings.